The molecule has 0 fully saturated rings. The van der Waals surface area contributed by atoms with Crippen LogP contribution >= 0.6 is 0 Å². The van der Waals surface area contributed by atoms with Crippen molar-refractivity contribution in [2.75, 3.05) is 0 Å². The van der Waals surface area contributed by atoms with Crippen molar-refractivity contribution in [2.45, 2.75) is 45.7 Å². The van der Waals surface area contributed by atoms with Crippen molar-refractivity contribution < 1.29 is 14.3 Å². The lowest BCUT2D eigenvalue weighted by molar-refractivity contribution is -0.140. The van der Waals surface area contributed by atoms with Crippen LogP contribution < -0.4 is 5.32 Å². The number of carboxylic acids is 1. The van der Waals surface area contributed by atoms with Gasteiger partial charge in [0.05, 0.1) is 6.26 Å². The largest absolute Gasteiger partial charge is 0.480 e. The summed E-state index contributed by atoms with van der Waals surface area (Å²) in [5.41, 5.74) is 0. The number of furan rings is 1. The van der Waals surface area contributed by atoms with E-state index in [2.05, 4.69) is 5.32 Å². The van der Waals surface area contributed by atoms with Crippen molar-refractivity contribution in [1.29, 1.82) is 0 Å². The quantitative estimate of drug-likeness (QED) is 0.766. The van der Waals surface area contributed by atoms with Gasteiger partial charge >= 0.3 is 5.97 Å². The summed E-state index contributed by atoms with van der Waals surface area (Å²) in [6.07, 6.45) is 3.34. The monoisotopic (exact) mass is 239 g/mol. The maximum Gasteiger partial charge on any atom is 0.320 e. The minimum Gasteiger partial charge on any atom is -0.480 e. The molecule has 0 radical (unpaired) electrons. The molecular formula is C13H21NO3. The fourth-order valence-electron chi connectivity index (χ4n) is 1.75. The van der Waals surface area contributed by atoms with Gasteiger partial charge in [-0.3, -0.25) is 4.79 Å². The topological polar surface area (TPSA) is 62.5 Å². The van der Waals surface area contributed by atoms with Crippen LogP contribution in [0.2, 0.25) is 0 Å². The number of rotatable bonds is 7. The first kappa shape index (κ1) is 13.8. The molecule has 1 aromatic rings. The van der Waals surface area contributed by atoms with Crippen molar-refractivity contribution in [2.24, 2.45) is 5.92 Å². The lowest BCUT2D eigenvalue weighted by Crippen LogP contribution is -2.45. The second kappa shape index (κ2) is 6.45. The summed E-state index contributed by atoms with van der Waals surface area (Å²) in [5, 5.41) is 12.2. The van der Waals surface area contributed by atoms with Crippen LogP contribution in [0, 0.1) is 5.92 Å². The van der Waals surface area contributed by atoms with E-state index in [9.17, 15) is 4.79 Å². The molecule has 0 aromatic carbocycles. The Kier molecular flexibility index (Phi) is 5.22. The molecule has 2 N–H and O–H groups in total. The van der Waals surface area contributed by atoms with Gasteiger partial charge in [0.25, 0.3) is 0 Å². The lowest BCUT2D eigenvalue weighted by atomic mass is 10.0. The summed E-state index contributed by atoms with van der Waals surface area (Å²) in [7, 11) is 0. The minimum absolute atomic E-state index is 0.0820. The van der Waals surface area contributed by atoms with Crippen molar-refractivity contribution >= 4 is 5.97 Å². The first-order valence-corrected chi connectivity index (χ1v) is 6.02. The number of aryl methyl sites for hydroxylation is 1. The second-order valence-corrected chi connectivity index (χ2v) is 4.75. The lowest BCUT2D eigenvalue weighted by Gasteiger charge is -2.22. The van der Waals surface area contributed by atoms with E-state index < -0.39 is 12.0 Å². The Bertz CT molecular complexity index is 332. The third kappa shape index (κ3) is 4.61. The minimum atomic E-state index is -0.787. The Morgan fingerprint density at radius 3 is 2.65 bits per heavy atom. The highest BCUT2D eigenvalue weighted by Crippen LogP contribution is 2.08. The molecule has 17 heavy (non-hydrogen) atoms. The van der Waals surface area contributed by atoms with Crippen molar-refractivity contribution in [3.63, 3.8) is 0 Å². The van der Waals surface area contributed by atoms with Gasteiger partial charge in [0.1, 0.15) is 11.8 Å². The highest BCUT2D eigenvalue weighted by Gasteiger charge is 2.22. The molecule has 0 spiro atoms. The molecule has 0 bridgehead atoms. The molecule has 0 aliphatic carbocycles. The Balaban J connectivity index is 2.37. The zero-order valence-corrected chi connectivity index (χ0v) is 10.6. The average molecular weight is 239 g/mol. The number of carbonyl (C=O) groups is 1. The molecule has 0 saturated heterocycles. The number of nitrogens with one attached hydrogen (secondary N) is 1. The number of carboxylic acid groups (broad SMARTS) is 1. The Labute approximate surface area is 102 Å². The normalized spacial score (nSPS) is 14.8. The van der Waals surface area contributed by atoms with Gasteiger partial charge in [-0.2, -0.15) is 0 Å². The van der Waals surface area contributed by atoms with Crippen LogP contribution in [0.25, 0.3) is 0 Å². The van der Waals surface area contributed by atoms with Crippen LogP contribution in [0.5, 0.6) is 0 Å². The van der Waals surface area contributed by atoms with Gasteiger partial charge in [-0.05, 0) is 31.4 Å². The van der Waals surface area contributed by atoms with Crippen LogP contribution in [0.1, 0.15) is 33.0 Å². The summed E-state index contributed by atoms with van der Waals surface area (Å²) in [5.74, 6) is 0.235. The predicted molar refractivity (Wildman–Crippen MR) is 65.9 cm³/mol. The zero-order chi connectivity index (χ0) is 12.8. The smallest absolute Gasteiger partial charge is 0.320 e. The van der Waals surface area contributed by atoms with E-state index in [0.29, 0.717) is 0 Å². The predicted octanol–water partition coefficient (Wildman–Crippen LogP) is 2.30. The summed E-state index contributed by atoms with van der Waals surface area (Å²) >= 11 is 0. The van der Waals surface area contributed by atoms with Crippen LogP contribution in [0.4, 0.5) is 0 Å². The van der Waals surface area contributed by atoms with E-state index in [1.54, 1.807) is 6.26 Å². The molecule has 4 nitrogen and oxygen atoms in total. The molecule has 0 aliphatic rings. The molecule has 2 atom stereocenters. The molecule has 2 unspecified atom stereocenters. The van der Waals surface area contributed by atoms with Crippen molar-refractivity contribution in [3.8, 4) is 0 Å². The third-order valence-corrected chi connectivity index (χ3v) is 2.80. The number of aliphatic carboxylic acids is 1. The fourth-order valence-corrected chi connectivity index (χ4v) is 1.75. The first-order chi connectivity index (χ1) is 8.00. The van der Waals surface area contributed by atoms with Gasteiger partial charge in [0.2, 0.25) is 0 Å². The molecule has 4 heteroatoms. The Hall–Kier alpha value is -1.29. The van der Waals surface area contributed by atoms with Crippen molar-refractivity contribution in [1.82, 2.24) is 5.32 Å². The molecular weight excluding hydrogens is 218 g/mol. The van der Waals surface area contributed by atoms with Gasteiger partial charge in [-0.15, -0.1) is 0 Å². The van der Waals surface area contributed by atoms with E-state index in [0.717, 1.165) is 18.6 Å². The van der Waals surface area contributed by atoms with Crippen LogP contribution in [-0.4, -0.2) is 23.2 Å². The van der Waals surface area contributed by atoms with Crippen LogP contribution in [-0.2, 0) is 11.2 Å². The first-order valence-electron chi connectivity index (χ1n) is 6.02. The van der Waals surface area contributed by atoms with Crippen molar-refractivity contribution in [3.05, 3.63) is 24.2 Å². The molecule has 0 saturated carbocycles. The van der Waals surface area contributed by atoms with E-state index in [4.69, 9.17) is 9.52 Å². The van der Waals surface area contributed by atoms with E-state index in [1.807, 2.05) is 32.9 Å². The molecule has 0 aliphatic heterocycles. The summed E-state index contributed by atoms with van der Waals surface area (Å²) in [4.78, 5) is 11.0. The maximum atomic E-state index is 11.0. The molecule has 1 aromatic heterocycles. The average Bonchev–Trinajstić information content (AvgIpc) is 2.74. The fraction of sp³-hybridized carbons (Fsp3) is 0.615. The van der Waals surface area contributed by atoms with Gasteiger partial charge in [-0.1, -0.05) is 13.8 Å². The third-order valence-electron chi connectivity index (χ3n) is 2.80. The summed E-state index contributed by atoms with van der Waals surface area (Å²) in [6, 6.07) is 3.47. The second-order valence-electron chi connectivity index (χ2n) is 4.75. The zero-order valence-electron chi connectivity index (χ0n) is 10.6. The van der Waals surface area contributed by atoms with E-state index >= 15 is 0 Å². The Morgan fingerprint density at radius 2 is 2.18 bits per heavy atom. The van der Waals surface area contributed by atoms with Crippen LogP contribution in [0.15, 0.2) is 22.8 Å². The maximum absolute atomic E-state index is 11.0. The van der Waals surface area contributed by atoms with E-state index in [1.165, 1.54) is 0 Å². The van der Waals surface area contributed by atoms with Gasteiger partial charge in [0.15, 0.2) is 0 Å². The molecule has 1 heterocycles. The SMILES string of the molecule is CC(CCc1ccco1)NC(C(=O)O)C(C)C. The molecule has 1 rings (SSSR count). The standard InChI is InChI=1S/C13H21NO3/c1-9(2)12(13(15)16)14-10(3)6-7-11-5-4-8-17-11/h4-5,8-10,12,14H,6-7H2,1-3H3,(H,15,16). The highest BCUT2D eigenvalue weighted by molar-refractivity contribution is 5.73. The Morgan fingerprint density at radius 1 is 1.47 bits per heavy atom. The van der Waals surface area contributed by atoms with Gasteiger partial charge < -0.3 is 14.8 Å². The molecule has 96 valence electrons. The number of hydrogen-bond donors (Lipinski definition) is 2. The summed E-state index contributed by atoms with van der Waals surface area (Å²) < 4.78 is 5.24. The van der Waals surface area contributed by atoms with Crippen LogP contribution in [0.3, 0.4) is 0 Å². The molecule has 0 amide bonds. The van der Waals surface area contributed by atoms with E-state index in [-0.39, 0.29) is 12.0 Å². The van der Waals surface area contributed by atoms with Gasteiger partial charge in [-0.25, -0.2) is 0 Å². The summed E-state index contributed by atoms with van der Waals surface area (Å²) in [6.45, 7) is 5.82. The number of hydrogen-bond acceptors (Lipinski definition) is 3. The van der Waals surface area contributed by atoms with Gasteiger partial charge in [0, 0.05) is 12.5 Å². The highest BCUT2D eigenvalue weighted by atomic mass is 16.4.